The molecule has 0 bridgehead atoms. The van der Waals surface area contributed by atoms with Gasteiger partial charge in [0.1, 0.15) is 18.2 Å². The Hall–Kier alpha value is -2.83. The van der Waals surface area contributed by atoms with E-state index in [1.807, 2.05) is 6.92 Å². The minimum Gasteiger partial charge on any atom is -0.496 e. The van der Waals surface area contributed by atoms with Crippen LogP contribution in [0.5, 0.6) is 11.5 Å². The van der Waals surface area contributed by atoms with Gasteiger partial charge in [0.05, 0.1) is 25.8 Å². The zero-order valence-corrected chi connectivity index (χ0v) is 14.4. The van der Waals surface area contributed by atoms with Crippen LogP contribution in [0.2, 0.25) is 0 Å². The van der Waals surface area contributed by atoms with Gasteiger partial charge in [-0.15, -0.1) is 8.78 Å². The van der Waals surface area contributed by atoms with Crippen molar-refractivity contribution in [2.24, 2.45) is 0 Å². The number of allylic oxidation sites excluding steroid dienone is 1. The highest BCUT2D eigenvalue weighted by molar-refractivity contribution is 5.56. The fraction of sp³-hybridized carbons (Fsp3) is 0.278. The molecular formula is C18H20F2NO4+. The zero-order valence-electron chi connectivity index (χ0n) is 14.4. The van der Waals surface area contributed by atoms with Crippen LogP contribution < -0.4 is 9.47 Å². The van der Waals surface area contributed by atoms with E-state index in [1.54, 1.807) is 12.1 Å². The Balaban J connectivity index is 2.50. The molecule has 0 spiro atoms. The van der Waals surface area contributed by atoms with Crippen molar-refractivity contribution in [2.75, 3.05) is 14.2 Å². The van der Waals surface area contributed by atoms with Gasteiger partial charge in [0.15, 0.2) is 5.76 Å². The highest BCUT2D eigenvalue weighted by atomic mass is 19.3. The van der Waals surface area contributed by atoms with Crippen molar-refractivity contribution in [2.45, 2.75) is 19.6 Å². The summed E-state index contributed by atoms with van der Waals surface area (Å²) in [6.07, 6.45) is -2.03. The molecule has 0 unspecified atom stereocenters. The fourth-order valence-corrected chi connectivity index (χ4v) is 2.47. The lowest BCUT2D eigenvalue weighted by molar-refractivity contribution is -0.384. The molecule has 0 saturated carbocycles. The molecule has 1 aromatic rings. The number of benzene rings is 1. The zero-order chi connectivity index (χ0) is 18.8. The molecule has 0 fully saturated rings. The van der Waals surface area contributed by atoms with Crippen molar-refractivity contribution in [3.05, 3.63) is 54.1 Å². The Bertz CT molecular complexity index is 769. The monoisotopic (exact) mass is 352 g/mol. The lowest BCUT2D eigenvalue weighted by atomic mass is 10.1. The van der Waals surface area contributed by atoms with Crippen LogP contribution in [-0.2, 0) is 15.9 Å². The Morgan fingerprint density at radius 3 is 2.48 bits per heavy atom. The van der Waals surface area contributed by atoms with Crippen LogP contribution in [0.15, 0.2) is 48.6 Å². The number of rotatable bonds is 7. The van der Waals surface area contributed by atoms with Crippen molar-refractivity contribution in [1.29, 1.82) is 0 Å². The molecule has 0 radical (unpaired) electrons. The van der Waals surface area contributed by atoms with Crippen molar-refractivity contribution < 1.29 is 32.3 Å². The summed E-state index contributed by atoms with van der Waals surface area (Å²) < 4.78 is 47.7. The maximum Gasteiger partial charge on any atom is 0.586 e. The van der Waals surface area contributed by atoms with Gasteiger partial charge in [0.2, 0.25) is 17.1 Å². The molecule has 0 aliphatic carbocycles. The Morgan fingerprint density at radius 2 is 1.96 bits per heavy atom. The first-order valence-electron chi connectivity index (χ1n) is 7.45. The summed E-state index contributed by atoms with van der Waals surface area (Å²) in [6.45, 7) is 13.1. The molecule has 0 amide bonds. The predicted octanol–water partition coefficient (Wildman–Crippen LogP) is 4.12. The van der Waals surface area contributed by atoms with Crippen LogP contribution in [0.1, 0.15) is 12.5 Å². The summed E-state index contributed by atoms with van der Waals surface area (Å²) in [7, 11) is 3.05. The molecule has 1 aromatic carbocycles. The molecule has 1 aliphatic heterocycles. The van der Waals surface area contributed by atoms with Crippen molar-refractivity contribution >= 4 is 12.4 Å². The summed E-state index contributed by atoms with van der Waals surface area (Å²) >= 11 is 0. The van der Waals surface area contributed by atoms with E-state index in [9.17, 15) is 8.78 Å². The van der Waals surface area contributed by atoms with Crippen LogP contribution >= 0.6 is 0 Å². The number of methoxy groups -OCH3 is 2. The topological polar surface area (TPSA) is 39.9 Å². The summed E-state index contributed by atoms with van der Waals surface area (Å²) in [5.74, 6) is 0.665. The largest absolute Gasteiger partial charge is 0.586 e. The third-order valence-corrected chi connectivity index (χ3v) is 3.71. The fourth-order valence-electron chi connectivity index (χ4n) is 2.47. The molecule has 0 saturated heterocycles. The SMILES string of the molecule is C=CC1=C(C(=C)[N+](=C)c2cc(OC)cc(OC)c2CC)OC(F)(F)O1. The standard InChI is InChI=1S/C18H20F2NO4/c1-7-13-14(9-12(22-5)10-16(13)23-6)21(4)11(3)17-15(8-2)24-18(19,20)25-17/h8-10H,2-4,7H2,1,5-6H3/q+1. The van der Waals surface area contributed by atoms with Crippen LogP contribution in [0.25, 0.3) is 0 Å². The third kappa shape index (κ3) is 3.50. The summed E-state index contributed by atoms with van der Waals surface area (Å²) in [4.78, 5) is 0. The van der Waals surface area contributed by atoms with Gasteiger partial charge in [0, 0.05) is 6.07 Å². The van der Waals surface area contributed by atoms with Gasteiger partial charge < -0.3 is 18.9 Å². The molecule has 5 nitrogen and oxygen atoms in total. The lowest BCUT2D eigenvalue weighted by Crippen LogP contribution is -2.18. The minimum atomic E-state index is -3.78. The molecule has 0 aromatic heterocycles. The summed E-state index contributed by atoms with van der Waals surface area (Å²) in [6, 6.07) is 3.44. The number of nitrogens with zero attached hydrogens (tertiary/aromatic N) is 1. The van der Waals surface area contributed by atoms with Gasteiger partial charge in [0.25, 0.3) is 0 Å². The average Bonchev–Trinajstić information content (AvgIpc) is 2.93. The summed E-state index contributed by atoms with van der Waals surface area (Å²) in [5, 5.41) is 0. The van der Waals surface area contributed by atoms with Crippen LogP contribution in [0, 0.1) is 0 Å². The number of alkyl halides is 2. The van der Waals surface area contributed by atoms with Crippen LogP contribution in [0.4, 0.5) is 14.5 Å². The molecule has 2 rings (SSSR count). The van der Waals surface area contributed by atoms with Gasteiger partial charge in [-0.25, -0.2) is 0 Å². The molecule has 0 atom stereocenters. The van der Waals surface area contributed by atoms with Crippen LogP contribution in [0.3, 0.4) is 0 Å². The summed E-state index contributed by atoms with van der Waals surface area (Å²) in [5.41, 5.74) is 1.47. The second-order valence-electron chi connectivity index (χ2n) is 5.12. The van der Waals surface area contributed by atoms with Crippen molar-refractivity contribution in [3.8, 4) is 11.5 Å². The maximum absolute atomic E-state index is 13.4. The lowest BCUT2D eigenvalue weighted by Gasteiger charge is -2.13. The van der Waals surface area contributed by atoms with E-state index in [0.717, 1.165) is 11.6 Å². The van der Waals surface area contributed by atoms with Gasteiger partial charge in [-0.3, -0.25) is 0 Å². The van der Waals surface area contributed by atoms with Crippen LogP contribution in [-0.4, -0.2) is 31.8 Å². The Labute approximate surface area is 145 Å². The van der Waals surface area contributed by atoms with Crippen molar-refractivity contribution in [1.82, 2.24) is 0 Å². The first-order valence-corrected chi connectivity index (χ1v) is 7.45. The second-order valence-corrected chi connectivity index (χ2v) is 5.12. The van der Waals surface area contributed by atoms with E-state index in [1.165, 1.54) is 18.8 Å². The number of ether oxygens (including phenoxy) is 4. The molecule has 134 valence electrons. The van der Waals surface area contributed by atoms with E-state index in [-0.39, 0.29) is 17.2 Å². The molecule has 0 N–H and O–H groups in total. The smallest absolute Gasteiger partial charge is 0.496 e. The highest BCUT2D eigenvalue weighted by Crippen LogP contribution is 2.40. The molecule has 1 heterocycles. The normalized spacial score (nSPS) is 15.2. The quantitative estimate of drug-likeness (QED) is 0.547. The number of halogens is 2. The predicted molar refractivity (Wildman–Crippen MR) is 89.4 cm³/mol. The first kappa shape index (κ1) is 18.5. The third-order valence-electron chi connectivity index (χ3n) is 3.71. The minimum absolute atomic E-state index is 0.0806. The van der Waals surface area contributed by atoms with Gasteiger partial charge in [-0.2, -0.15) is 4.58 Å². The van der Waals surface area contributed by atoms with Gasteiger partial charge in [-0.05, 0) is 19.1 Å². The number of hydrogen-bond acceptors (Lipinski definition) is 4. The Kier molecular flexibility index (Phi) is 5.15. The second kappa shape index (κ2) is 6.96. The number of hydrogen-bond donors (Lipinski definition) is 0. The molecule has 1 aliphatic rings. The molecule has 7 heteroatoms. The van der Waals surface area contributed by atoms with Gasteiger partial charge in [-0.1, -0.05) is 13.5 Å². The molecular weight excluding hydrogens is 332 g/mol. The van der Waals surface area contributed by atoms with Crippen molar-refractivity contribution in [3.63, 3.8) is 0 Å². The van der Waals surface area contributed by atoms with E-state index in [0.29, 0.717) is 23.6 Å². The van der Waals surface area contributed by atoms with E-state index in [2.05, 4.69) is 29.3 Å². The van der Waals surface area contributed by atoms with E-state index < -0.39 is 6.29 Å². The van der Waals surface area contributed by atoms with Gasteiger partial charge >= 0.3 is 6.29 Å². The van der Waals surface area contributed by atoms with E-state index in [4.69, 9.17) is 9.47 Å². The molecule has 25 heavy (non-hydrogen) atoms. The first-order chi connectivity index (χ1) is 11.8. The maximum atomic E-state index is 13.4. The van der Waals surface area contributed by atoms with E-state index >= 15 is 0 Å². The average molecular weight is 352 g/mol. The highest BCUT2D eigenvalue weighted by Gasteiger charge is 2.47. The Morgan fingerprint density at radius 1 is 1.28 bits per heavy atom.